The summed E-state index contributed by atoms with van der Waals surface area (Å²) in [6, 6.07) is 47.9. The second-order valence-corrected chi connectivity index (χ2v) is 11.0. The van der Waals surface area contributed by atoms with Gasteiger partial charge in [0.05, 0.1) is 27.8 Å². The van der Waals surface area contributed by atoms with Crippen LogP contribution >= 0.6 is 0 Å². The Morgan fingerprint density at radius 2 is 1.24 bits per heavy atom. The van der Waals surface area contributed by atoms with Gasteiger partial charge in [-0.15, -0.1) is 0 Å². The van der Waals surface area contributed by atoms with Crippen LogP contribution < -0.4 is 0 Å². The Morgan fingerprint density at radius 1 is 0.524 bits per heavy atom. The predicted octanol–water partition coefficient (Wildman–Crippen LogP) is 10.1. The molecular weight excluding hydrogens is 510 g/mol. The standard InChI is InChI=1S/C39H29N3/c1-26-19-20-28(23-32(26)39-27(2)11-10-18-38(39)41-25-40-34-15-7-9-17-37(34)41)29-21-22-36-33(24-29)31-14-6-8-16-35(31)42(36)30-12-4-3-5-13-30/h3-25H,1-2H3. The molecule has 0 bridgehead atoms. The molecular formula is C39H29N3. The van der Waals surface area contributed by atoms with Gasteiger partial charge in [-0.05, 0) is 96.3 Å². The van der Waals surface area contributed by atoms with Crippen molar-refractivity contribution in [2.75, 3.05) is 0 Å². The van der Waals surface area contributed by atoms with Crippen molar-refractivity contribution >= 4 is 32.8 Å². The molecule has 8 aromatic rings. The number of nitrogens with zero attached hydrogens (tertiary/aromatic N) is 3. The summed E-state index contributed by atoms with van der Waals surface area (Å²) in [5, 5.41) is 2.52. The van der Waals surface area contributed by atoms with Gasteiger partial charge >= 0.3 is 0 Å². The van der Waals surface area contributed by atoms with Gasteiger partial charge in [-0.1, -0.05) is 78.9 Å². The van der Waals surface area contributed by atoms with Gasteiger partial charge in [-0.2, -0.15) is 0 Å². The minimum absolute atomic E-state index is 0.999. The molecule has 42 heavy (non-hydrogen) atoms. The Kier molecular flexibility index (Phi) is 5.58. The first kappa shape index (κ1) is 24.4. The summed E-state index contributed by atoms with van der Waals surface area (Å²) in [4.78, 5) is 4.69. The highest BCUT2D eigenvalue weighted by Gasteiger charge is 2.17. The van der Waals surface area contributed by atoms with Crippen LogP contribution in [0.2, 0.25) is 0 Å². The van der Waals surface area contributed by atoms with Crippen molar-refractivity contribution in [1.29, 1.82) is 0 Å². The molecule has 3 heteroatoms. The van der Waals surface area contributed by atoms with Crippen molar-refractivity contribution in [3.63, 3.8) is 0 Å². The summed E-state index contributed by atoms with van der Waals surface area (Å²) < 4.78 is 4.58. The van der Waals surface area contributed by atoms with Gasteiger partial charge in [0, 0.05) is 22.0 Å². The molecule has 0 N–H and O–H groups in total. The molecule has 0 spiro atoms. The Morgan fingerprint density at radius 3 is 2.12 bits per heavy atom. The minimum Gasteiger partial charge on any atom is -0.309 e. The van der Waals surface area contributed by atoms with Crippen molar-refractivity contribution in [3.05, 3.63) is 151 Å². The lowest BCUT2D eigenvalue weighted by Gasteiger charge is -2.18. The van der Waals surface area contributed by atoms with Crippen LogP contribution in [-0.2, 0) is 0 Å². The highest BCUT2D eigenvalue weighted by atomic mass is 15.0. The number of hydrogen-bond acceptors (Lipinski definition) is 1. The fraction of sp³-hybridized carbons (Fsp3) is 0.0513. The highest BCUT2D eigenvalue weighted by molar-refractivity contribution is 6.10. The van der Waals surface area contributed by atoms with E-state index >= 15 is 0 Å². The van der Waals surface area contributed by atoms with Crippen LogP contribution in [0.4, 0.5) is 0 Å². The van der Waals surface area contributed by atoms with Crippen LogP contribution in [0.3, 0.4) is 0 Å². The van der Waals surface area contributed by atoms with E-state index in [-0.39, 0.29) is 0 Å². The number of benzene rings is 6. The molecule has 0 radical (unpaired) electrons. The number of imidazole rings is 1. The molecule has 0 aliphatic heterocycles. The molecule has 0 aliphatic carbocycles. The van der Waals surface area contributed by atoms with Gasteiger partial charge in [0.2, 0.25) is 0 Å². The fourth-order valence-corrected chi connectivity index (χ4v) is 6.43. The van der Waals surface area contributed by atoms with E-state index in [9.17, 15) is 0 Å². The largest absolute Gasteiger partial charge is 0.309 e. The molecule has 0 amide bonds. The summed E-state index contributed by atoms with van der Waals surface area (Å²) in [6.07, 6.45) is 1.94. The van der Waals surface area contributed by atoms with Crippen molar-refractivity contribution in [2.24, 2.45) is 0 Å². The van der Waals surface area contributed by atoms with E-state index in [0.29, 0.717) is 0 Å². The molecule has 0 fully saturated rings. The van der Waals surface area contributed by atoms with Gasteiger partial charge in [0.15, 0.2) is 0 Å². The molecule has 3 nitrogen and oxygen atoms in total. The molecule has 8 rings (SSSR count). The molecule has 0 saturated carbocycles. The topological polar surface area (TPSA) is 22.8 Å². The van der Waals surface area contributed by atoms with Crippen LogP contribution in [0, 0.1) is 13.8 Å². The average Bonchev–Trinajstić information content (AvgIpc) is 3.61. The quantitative estimate of drug-likeness (QED) is 0.218. The highest BCUT2D eigenvalue weighted by Crippen LogP contribution is 2.39. The van der Waals surface area contributed by atoms with Gasteiger partial charge in [-0.3, -0.25) is 4.57 Å². The summed E-state index contributed by atoms with van der Waals surface area (Å²) >= 11 is 0. The lowest BCUT2D eigenvalue weighted by molar-refractivity contribution is 1.09. The average molecular weight is 540 g/mol. The van der Waals surface area contributed by atoms with E-state index in [4.69, 9.17) is 0 Å². The van der Waals surface area contributed by atoms with E-state index in [0.717, 1.165) is 16.7 Å². The third-order valence-corrected chi connectivity index (χ3v) is 8.49. The Bertz CT molecular complexity index is 2270. The molecule has 0 saturated heterocycles. The summed E-state index contributed by atoms with van der Waals surface area (Å²) in [6.45, 7) is 4.41. The van der Waals surface area contributed by atoms with Crippen molar-refractivity contribution in [2.45, 2.75) is 13.8 Å². The van der Waals surface area contributed by atoms with E-state index in [1.807, 2.05) is 12.4 Å². The first-order valence-electron chi connectivity index (χ1n) is 14.4. The van der Waals surface area contributed by atoms with Gasteiger partial charge in [0.1, 0.15) is 6.33 Å². The van der Waals surface area contributed by atoms with E-state index in [1.54, 1.807) is 0 Å². The normalized spacial score (nSPS) is 11.6. The van der Waals surface area contributed by atoms with Crippen molar-refractivity contribution in [1.82, 2.24) is 14.1 Å². The van der Waals surface area contributed by atoms with Crippen LogP contribution in [0.5, 0.6) is 0 Å². The smallest absolute Gasteiger partial charge is 0.100 e. The predicted molar refractivity (Wildman–Crippen MR) is 176 cm³/mol. The maximum absolute atomic E-state index is 4.69. The molecule has 0 aliphatic rings. The van der Waals surface area contributed by atoms with Gasteiger partial charge in [-0.25, -0.2) is 4.98 Å². The third-order valence-electron chi connectivity index (χ3n) is 8.49. The number of aromatic nitrogens is 3. The third kappa shape index (κ3) is 3.78. The Hall–Kier alpha value is -5.41. The zero-order chi connectivity index (χ0) is 28.2. The first-order chi connectivity index (χ1) is 20.7. The van der Waals surface area contributed by atoms with Gasteiger partial charge in [0.25, 0.3) is 0 Å². The fourth-order valence-electron chi connectivity index (χ4n) is 6.43. The van der Waals surface area contributed by atoms with E-state index < -0.39 is 0 Å². The monoisotopic (exact) mass is 539 g/mol. The first-order valence-corrected chi connectivity index (χ1v) is 14.4. The molecule has 2 heterocycles. The lowest BCUT2D eigenvalue weighted by atomic mass is 9.91. The minimum atomic E-state index is 0.999. The Labute approximate surface area is 244 Å². The van der Waals surface area contributed by atoms with Crippen LogP contribution in [0.15, 0.2) is 140 Å². The number of para-hydroxylation sites is 4. The second-order valence-electron chi connectivity index (χ2n) is 11.0. The molecule has 2 aromatic heterocycles. The molecule has 6 aromatic carbocycles. The molecule has 0 unspecified atom stereocenters. The van der Waals surface area contributed by atoms with Crippen LogP contribution in [-0.4, -0.2) is 14.1 Å². The number of hydrogen-bond donors (Lipinski definition) is 0. The summed E-state index contributed by atoms with van der Waals surface area (Å²) in [5.74, 6) is 0. The van der Waals surface area contributed by atoms with E-state index in [1.165, 1.54) is 60.9 Å². The lowest BCUT2D eigenvalue weighted by Crippen LogP contribution is -1.99. The maximum atomic E-state index is 4.69. The second kappa shape index (κ2) is 9.60. The molecule has 200 valence electrons. The van der Waals surface area contributed by atoms with E-state index in [2.05, 4.69) is 155 Å². The van der Waals surface area contributed by atoms with Gasteiger partial charge < -0.3 is 4.57 Å². The zero-order valence-corrected chi connectivity index (χ0v) is 23.6. The van der Waals surface area contributed by atoms with Crippen LogP contribution in [0.1, 0.15) is 11.1 Å². The van der Waals surface area contributed by atoms with Crippen molar-refractivity contribution < 1.29 is 0 Å². The number of fused-ring (bicyclic) bond motifs is 4. The maximum Gasteiger partial charge on any atom is 0.100 e. The summed E-state index contributed by atoms with van der Waals surface area (Å²) in [7, 11) is 0. The zero-order valence-electron chi connectivity index (χ0n) is 23.6. The summed E-state index contributed by atoms with van der Waals surface area (Å²) in [5.41, 5.74) is 14.3. The Balaban J connectivity index is 1.32. The number of aryl methyl sites for hydroxylation is 2. The molecule has 0 atom stereocenters. The van der Waals surface area contributed by atoms with Crippen molar-refractivity contribution in [3.8, 4) is 33.6 Å². The SMILES string of the molecule is Cc1ccc(-c2ccc3c(c2)c2ccccc2n3-c2ccccc2)cc1-c1c(C)cccc1-n1cnc2ccccc21. The number of rotatable bonds is 4. The van der Waals surface area contributed by atoms with Crippen LogP contribution in [0.25, 0.3) is 66.5 Å².